The minimum absolute atomic E-state index is 0.000645. The maximum atomic E-state index is 13.9. The molecule has 0 aromatic heterocycles. The Kier molecular flexibility index (Phi) is 11.8. The van der Waals surface area contributed by atoms with Gasteiger partial charge in [-0.3, -0.25) is 19.2 Å². The Morgan fingerprint density at radius 3 is 2.24 bits per heavy atom. The van der Waals surface area contributed by atoms with Gasteiger partial charge in [-0.25, -0.2) is 0 Å². The first-order valence-electron chi connectivity index (χ1n) is 19.6. The average molecular weight is 814 g/mol. The second kappa shape index (κ2) is 16.2. The number of hydrogen-bond donors (Lipinski definition) is 5. The number of phenolic OH excluding ortho intramolecular Hbond substituents is 3. The molecule has 3 aliphatic heterocycles. The van der Waals surface area contributed by atoms with Gasteiger partial charge in [0.1, 0.15) is 41.5 Å². The average Bonchev–Trinajstić information content (AvgIpc) is 3.17. The van der Waals surface area contributed by atoms with E-state index in [4.69, 9.17) is 33.2 Å². The minimum atomic E-state index is -1.81. The molecule has 0 radical (unpaired) electrons. The van der Waals surface area contributed by atoms with Gasteiger partial charge in [-0.05, 0) is 58.1 Å². The van der Waals surface area contributed by atoms with Crippen LogP contribution in [0.4, 0.5) is 0 Å². The van der Waals surface area contributed by atoms with E-state index in [1.807, 2.05) is 19.0 Å². The van der Waals surface area contributed by atoms with Crippen LogP contribution in [0, 0.1) is 0 Å². The number of nitrogens with zero attached hydrogens (tertiary/aromatic N) is 1. The van der Waals surface area contributed by atoms with Crippen LogP contribution < -0.4 is 0 Å². The van der Waals surface area contributed by atoms with Crippen molar-refractivity contribution in [1.82, 2.24) is 4.90 Å². The van der Waals surface area contributed by atoms with Crippen molar-refractivity contribution in [3.63, 3.8) is 0 Å². The highest BCUT2D eigenvalue weighted by atomic mass is 16.7. The van der Waals surface area contributed by atoms with E-state index in [2.05, 4.69) is 0 Å². The van der Waals surface area contributed by atoms with E-state index >= 15 is 0 Å². The van der Waals surface area contributed by atoms with E-state index in [-0.39, 0.29) is 60.8 Å². The quantitative estimate of drug-likeness (QED) is 0.154. The first-order valence-corrected chi connectivity index (χ1v) is 19.6. The number of ether oxygens (including phenoxy) is 7. The maximum Gasteiger partial charge on any atom is 0.316 e. The lowest BCUT2D eigenvalue weighted by atomic mass is 9.67. The molecule has 0 amide bonds. The molecule has 7 rings (SSSR count). The number of aliphatic hydroxyl groups is 2. The third kappa shape index (κ3) is 7.41. The summed E-state index contributed by atoms with van der Waals surface area (Å²) in [6.45, 7) is 5.14. The molecule has 2 aromatic carbocycles. The number of methoxy groups -OCH3 is 1. The molecule has 9 unspecified atom stereocenters. The lowest BCUT2D eigenvalue weighted by Gasteiger charge is -2.47. The summed E-state index contributed by atoms with van der Waals surface area (Å²) in [6, 6.07) is 3.02. The number of hydrogen-bond acceptors (Lipinski definition) is 17. The number of aromatic hydroxyl groups is 3. The van der Waals surface area contributed by atoms with Crippen LogP contribution in [0.5, 0.6) is 17.2 Å². The molecule has 12 atom stereocenters. The molecule has 0 bridgehead atoms. The lowest BCUT2D eigenvalue weighted by Crippen LogP contribution is -2.57. The number of aliphatic hydroxyl groups excluding tert-OH is 1. The number of esters is 1. The van der Waals surface area contributed by atoms with Gasteiger partial charge in [-0.2, -0.15) is 0 Å². The lowest BCUT2D eigenvalue weighted by molar-refractivity contribution is -0.311. The first kappa shape index (κ1) is 42.1. The van der Waals surface area contributed by atoms with Crippen LogP contribution in [-0.4, -0.2) is 143 Å². The highest BCUT2D eigenvalue weighted by molar-refractivity contribution is 6.31. The Morgan fingerprint density at radius 1 is 0.931 bits per heavy atom. The molecule has 2 aromatic rings. The predicted molar refractivity (Wildman–Crippen MR) is 198 cm³/mol. The van der Waals surface area contributed by atoms with Crippen LogP contribution in [0.15, 0.2) is 18.2 Å². The number of ketones is 3. The fourth-order valence-electron chi connectivity index (χ4n) is 9.00. The van der Waals surface area contributed by atoms with E-state index < -0.39 is 118 Å². The van der Waals surface area contributed by atoms with Gasteiger partial charge in [0.05, 0.1) is 54.3 Å². The SMILES string of the molecule is CC[C@@]1(O)C[C@H](OC2CC(N(C)C)C(OC3CC(O)C(OC4CCC(=O)C(C)O4)CO3)C(C)O2)c2c(cc3c(c2O)C(=O)c2c(O)ccc(O)c2C3=O)[C@H]1C(=O)OC. The van der Waals surface area contributed by atoms with Gasteiger partial charge in [-0.1, -0.05) is 6.92 Å². The van der Waals surface area contributed by atoms with Gasteiger partial charge in [0, 0.05) is 49.3 Å². The summed E-state index contributed by atoms with van der Waals surface area (Å²) in [6.07, 6.45) is -6.24. The molecule has 17 nitrogen and oxygen atoms in total. The van der Waals surface area contributed by atoms with Gasteiger partial charge in [0.25, 0.3) is 0 Å². The van der Waals surface area contributed by atoms with Crippen molar-refractivity contribution in [2.75, 3.05) is 27.8 Å². The van der Waals surface area contributed by atoms with E-state index in [1.165, 1.54) is 6.07 Å². The van der Waals surface area contributed by atoms with Crippen molar-refractivity contribution < 1.29 is 77.9 Å². The molecule has 58 heavy (non-hydrogen) atoms. The third-order valence-corrected chi connectivity index (χ3v) is 12.2. The van der Waals surface area contributed by atoms with Crippen LogP contribution in [-0.2, 0) is 42.7 Å². The number of Topliss-reactive ketones (excluding diaryl/α,β-unsaturated/α-hetero) is 1. The van der Waals surface area contributed by atoms with Crippen LogP contribution >= 0.6 is 0 Å². The summed E-state index contributed by atoms with van der Waals surface area (Å²) < 4.78 is 42.1. The number of phenols is 3. The molecule has 3 saturated heterocycles. The second-order valence-corrected chi connectivity index (χ2v) is 16.0. The van der Waals surface area contributed by atoms with Crippen LogP contribution in [0.25, 0.3) is 0 Å². The van der Waals surface area contributed by atoms with E-state index in [0.717, 1.165) is 19.2 Å². The molecule has 3 heterocycles. The van der Waals surface area contributed by atoms with E-state index in [9.17, 15) is 44.7 Å². The summed E-state index contributed by atoms with van der Waals surface area (Å²) >= 11 is 0. The Morgan fingerprint density at radius 2 is 1.62 bits per heavy atom. The highest BCUT2D eigenvalue weighted by Gasteiger charge is 2.53. The minimum Gasteiger partial charge on any atom is -0.507 e. The standard InChI is InChI=1S/C41H51NO16/c1-7-41(51)15-26(31-19(35(41)40(50)52-6)12-20-32(37(31)48)38(49)34-24(45)9-8-23(44)33(34)36(20)47)56-30-13-21(42(4)5)39(18(3)55-30)58-29-14-25(46)27(16-53-29)57-28-11-10-22(43)17(2)54-28/h8-9,12,17-18,21,25-30,35,39,44-46,48,51H,7,10-11,13-16H2,1-6H3/t17?,18?,21?,25?,26-,27?,28?,29?,30?,35-,39?,41+/m0/s1. The van der Waals surface area contributed by atoms with Gasteiger partial charge in [0.2, 0.25) is 5.78 Å². The van der Waals surface area contributed by atoms with Crippen molar-refractivity contribution in [3.8, 4) is 17.2 Å². The van der Waals surface area contributed by atoms with Crippen LogP contribution in [0.3, 0.4) is 0 Å². The third-order valence-electron chi connectivity index (χ3n) is 12.2. The highest BCUT2D eigenvalue weighted by Crippen LogP contribution is 2.54. The number of likely N-dealkylation sites (N-methyl/N-ethyl adjacent to an activating group) is 1. The first-order chi connectivity index (χ1) is 27.5. The number of carbonyl (C=O) groups excluding carboxylic acids is 4. The second-order valence-electron chi connectivity index (χ2n) is 16.0. The zero-order valence-corrected chi connectivity index (χ0v) is 33.2. The largest absolute Gasteiger partial charge is 0.507 e. The zero-order chi connectivity index (χ0) is 42.0. The molecule has 5 N–H and O–H groups in total. The summed E-state index contributed by atoms with van der Waals surface area (Å²) in [5.41, 5.74) is -3.57. The molecular weight excluding hydrogens is 762 g/mol. The Balaban J connectivity index is 1.14. The molecule has 316 valence electrons. The van der Waals surface area contributed by atoms with Gasteiger partial charge in [-0.15, -0.1) is 0 Å². The van der Waals surface area contributed by atoms with Crippen molar-refractivity contribution in [1.29, 1.82) is 0 Å². The van der Waals surface area contributed by atoms with Crippen molar-refractivity contribution >= 4 is 23.3 Å². The summed E-state index contributed by atoms with van der Waals surface area (Å²) in [4.78, 5) is 55.0. The molecule has 2 aliphatic carbocycles. The van der Waals surface area contributed by atoms with Gasteiger partial charge in [0.15, 0.2) is 30.4 Å². The van der Waals surface area contributed by atoms with E-state index in [0.29, 0.717) is 12.8 Å². The normalized spacial score (nSPS) is 35.0. The smallest absolute Gasteiger partial charge is 0.316 e. The molecule has 0 spiro atoms. The number of benzene rings is 2. The topological polar surface area (TPSA) is 237 Å². The predicted octanol–water partition coefficient (Wildman–Crippen LogP) is 2.47. The van der Waals surface area contributed by atoms with Crippen molar-refractivity contribution in [3.05, 3.63) is 51.6 Å². The zero-order valence-electron chi connectivity index (χ0n) is 33.2. The van der Waals surface area contributed by atoms with Crippen LogP contribution in [0.1, 0.15) is 114 Å². The Hall–Kier alpha value is -4.04. The van der Waals surface area contributed by atoms with E-state index in [1.54, 1.807) is 20.8 Å². The molecule has 3 fully saturated rings. The monoisotopic (exact) mass is 813 g/mol. The van der Waals surface area contributed by atoms with Gasteiger partial charge >= 0.3 is 5.97 Å². The number of carbonyl (C=O) groups is 4. The number of fused-ring (bicyclic) bond motifs is 3. The Labute approximate surface area is 334 Å². The van der Waals surface area contributed by atoms with Crippen LogP contribution in [0.2, 0.25) is 0 Å². The Bertz CT molecular complexity index is 1970. The molecule has 0 saturated carbocycles. The molecular formula is C41H51NO16. The summed E-state index contributed by atoms with van der Waals surface area (Å²) in [5, 5.41) is 56.2. The van der Waals surface area contributed by atoms with Gasteiger partial charge < -0.3 is 63.6 Å². The molecule has 17 heteroatoms. The molecule has 5 aliphatic rings. The van der Waals surface area contributed by atoms with Crippen molar-refractivity contribution in [2.45, 2.75) is 132 Å². The van der Waals surface area contributed by atoms with Crippen molar-refractivity contribution in [2.24, 2.45) is 0 Å². The summed E-state index contributed by atoms with van der Waals surface area (Å²) in [5.74, 6) is -5.89. The summed E-state index contributed by atoms with van der Waals surface area (Å²) in [7, 11) is 4.85. The maximum absolute atomic E-state index is 13.9. The fourth-order valence-corrected chi connectivity index (χ4v) is 9.00. The number of rotatable bonds is 9. The fraction of sp³-hybridized carbons (Fsp3) is 0.610.